The molecule has 1 N–H and O–H groups in total. The summed E-state index contributed by atoms with van der Waals surface area (Å²) in [6.45, 7) is 0. The molecule has 0 unspecified atom stereocenters. The monoisotopic (exact) mass is 292 g/mol. The van der Waals surface area contributed by atoms with E-state index in [0.717, 1.165) is 5.56 Å². The molecule has 0 saturated heterocycles. The topological polar surface area (TPSA) is 46.5 Å². The number of rotatable bonds is 4. The summed E-state index contributed by atoms with van der Waals surface area (Å²) < 4.78 is 5.11. The van der Waals surface area contributed by atoms with Crippen molar-refractivity contribution in [1.29, 1.82) is 0 Å². The summed E-state index contributed by atoms with van der Waals surface area (Å²) >= 11 is 8.89. The van der Waals surface area contributed by atoms with E-state index in [1.54, 1.807) is 18.2 Å². The lowest BCUT2D eigenvalue weighted by Crippen LogP contribution is -2.15. The lowest BCUT2D eigenvalue weighted by atomic mass is 10.1. The Kier molecular flexibility index (Phi) is 4.42. The number of hydrogen-bond donors (Lipinski definition) is 1. The van der Waals surface area contributed by atoms with Gasteiger partial charge in [-0.1, -0.05) is 27.5 Å². The van der Waals surface area contributed by atoms with E-state index in [2.05, 4.69) is 15.9 Å². The summed E-state index contributed by atoms with van der Waals surface area (Å²) in [4.78, 5) is 10.0. The Bertz CT molecular complexity index is 368. The highest BCUT2D eigenvalue weighted by Gasteiger charge is 2.16. The van der Waals surface area contributed by atoms with Crippen molar-refractivity contribution in [3.63, 3.8) is 0 Å². The fraction of sp³-hybridized carbons (Fsp3) is 0.300. The van der Waals surface area contributed by atoms with Crippen molar-refractivity contribution in [2.24, 2.45) is 0 Å². The number of alkyl halides is 1. The second kappa shape index (κ2) is 5.37. The summed E-state index contributed by atoms with van der Waals surface area (Å²) in [5.74, 6) is -0.262. The Hall–Kier alpha value is -0.740. The van der Waals surface area contributed by atoms with Crippen molar-refractivity contribution in [3.8, 4) is 5.75 Å². The molecular formula is C10H10BrClO3. The van der Waals surface area contributed by atoms with Crippen LogP contribution in [0.15, 0.2) is 18.2 Å². The maximum absolute atomic E-state index is 10.7. The number of halogens is 2. The number of hydrogen-bond acceptors (Lipinski definition) is 2. The van der Waals surface area contributed by atoms with E-state index in [1.165, 1.54) is 7.11 Å². The Morgan fingerprint density at radius 1 is 1.67 bits per heavy atom. The zero-order valence-corrected chi connectivity index (χ0v) is 10.4. The molecule has 1 rings (SSSR count). The zero-order valence-electron chi connectivity index (χ0n) is 8.04. The van der Waals surface area contributed by atoms with Gasteiger partial charge in [0.15, 0.2) is 0 Å². The van der Waals surface area contributed by atoms with Crippen LogP contribution in [-0.4, -0.2) is 23.0 Å². The first-order chi connectivity index (χ1) is 7.04. The van der Waals surface area contributed by atoms with Crippen LogP contribution in [0.1, 0.15) is 5.56 Å². The average Bonchev–Trinajstić information content (AvgIpc) is 2.18. The van der Waals surface area contributed by atoms with Gasteiger partial charge in [-0.25, -0.2) is 0 Å². The van der Waals surface area contributed by atoms with Crippen LogP contribution in [0, 0.1) is 0 Å². The predicted molar refractivity (Wildman–Crippen MR) is 62.1 cm³/mol. The first-order valence-corrected chi connectivity index (χ1v) is 5.53. The van der Waals surface area contributed by atoms with E-state index in [0.29, 0.717) is 17.2 Å². The fourth-order valence-corrected chi connectivity index (χ4v) is 1.73. The summed E-state index contributed by atoms with van der Waals surface area (Å²) in [6.07, 6.45) is 0.332. The summed E-state index contributed by atoms with van der Waals surface area (Å²) in [5, 5.41) is 9.32. The van der Waals surface area contributed by atoms with Crippen molar-refractivity contribution in [3.05, 3.63) is 28.8 Å². The molecule has 1 aromatic rings. The quantitative estimate of drug-likeness (QED) is 0.868. The number of carboxylic acids is 1. The van der Waals surface area contributed by atoms with Crippen LogP contribution >= 0.6 is 27.5 Å². The van der Waals surface area contributed by atoms with Gasteiger partial charge in [-0.05, 0) is 30.2 Å². The molecule has 0 aliphatic heterocycles. The molecule has 82 valence electrons. The van der Waals surface area contributed by atoms with E-state index in [4.69, 9.17) is 21.4 Å². The van der Waals surface area contributed by atoms with E-state index < -0.39 is 10.8 Å². The molecule has 0 fully saturated rings. The number of aliphatic carboxylic acids is 1. The first-order valence-electron chi connectivity index (χ1n) is 4.24. The van der Waals surface area contributed by atoms with Crippen molar-refractivity contribution < 1.29 is 14.6 Å². The van der Waals surface area contributed by atoms with E-state index in [-0.39, 0.29) is 0 Å². The third-order valence-corrected chi connectivity index (χ3v) is 2.86. The third kappa shape index (κ3) is 3.39. The van der Waals surface area contributed by atoms with Gasteiger partial charge in [-0.3, -0.25) is 4.79 Å². The lowest BCUT2D eigenvalue weighted by molar-refractivity contribution is -0.136. The Morgan fingerprint density at radius 3 is 2.87 bits per heavy atom. The molecule has 5 heteroatoms. The highest BCUT2D eigenvalue weighted by molar-refractivity contribution is 9.10. The van der Waals surface area contributed by atoms with Gasteiger partial charge in [0, 0.05) is 5.02 Å². The molecule has 0 heterocycles. The van der Waals surface area contributed by atoms with Gasteiger partial charge < -0.3 is 9.84 Å². The molecule has 0 aliphatic rings. The third-order valence-electron chi connectivity index (χ3n) is 1.91. The maximum Gasteiger partial charge on any atom is 0.317 e. The molecule has 0 radical (unpaired) electrons. The number of ether oxygens (including phenoxy) is 1. The number of carbonyl (C=O) groups is 1. The van der Waals surface area contributed by atoms with Crippen molar-refractivity contribution >= 4 is 33.5 Å². The molecule has 0 saturated carbocycles. The van der Waals surface area contributed by atoms with Crippen LogP contribution in [0.5, 0.6) is 5.75 Å². The Labute approximate surface area is 101 Å². The van der Waals surface area contributed by atoms with Gasteiger partial charge in [-0.2, -0.15) is 0 Å². The molecule has 0 bridgehead atoms. The second-order valence-electron chi connectivity index (χ2n) is 2.97. The minimum atomic E-state index is -0.906. The van der Waals surface area contributed by atoms with Gasteiger partial charge in [0.1, 0.15) is 10.6 Å². The maximum atomic E-state index is 10.7. The molecule has 0 spiro atoms. The van der Waals surface area contributed by atoms with Gasteiger partial charge in [0.2, 0.25) is 0 Å². The molecule has 0 aromatic heterocycles. The smallest absolute Gasteiger partial charge is 0.317 e. The Balaban J connectivity index is 2.91. The predicted octanol–water partition coefficient (Wildman–Crippen LogP) is 2.74. The van der Waals surface area contributed by atoms with Crippen LogP contribution < -0.4 is 4.74 Å². The normalized spacial score (nSPS) is 12.2. The van der Waals surface area contributed by atoms with E-state index >= 15 is 0 Å². The largest absolute Gasteiger partial charge is 0.496 e. The van der Waals surface area contributed by atoms with E-state index in [9.17, 15) is 4.79 Å². The number of carboxylic acid groups (broad SMARTS) is 1. The molecule has 0 aliphatic carbocycles. The van der Waals surface area contributed by atoms with Crippen LogP contribution in [-0.2, 0) is 11.2 Å². The van der Waals surface area contributed by atoms with Crippen molar-refractivity contribution in [1.82, 2.24) is 0 Å². The SMILES string of the molecule is COc1ccc(Cl)cc1C[C@@H](Br)C(=O)O. The molecular weight excluding hydrogens is 283 g/mol. The highest BCUT2D eigenvalue weighted by Crippen LogP contribution is 2.25. The van der Waals surface area contributed by atoms with Crippen LogP contribution in [0.2, 0.25) is 5.02 Å². The van der Waals surface area contributed by atoms with Crippen LogP contribution in [0.3, 0.4) is 0 Å². The van der Waals surface area contributed by atoms with Gasteiger partial charge in [-0.15, -0.1) is 0 Å². The molecule has 1 atom stereocenters. The average molecular weight is 294 g/mol. The zero-order chi connectivity index (χ0) is 11.4. The minimum absolute atomic E-state index is 0.332. The first kappa shape index (κ1) is 12.3. The summed E-state index contributed by atoms with van der Waals surface area (Å²) in [6, 6.07) is 5.13. The second-order valence-corrected chi connectivity index (χ2v) is 4.51. The van der Waals surface area contributed by atoms with Crippen LogP contribution in [0.4, 0.5) is 0 Å². The van der Waals surface area contributed by atoms with E-state index in [1.807, 2.05) is 0 Å². The fourth-order valence-electron chi connectivity index (χ4n) is 1.19. The standard InChI is InChI=1S/C10H10BrClO3/c1-15-9-3-2-7(12)4-6(9)5-8(11)10(13)14/h2-4,8H,5H2,1H3,(H,13,14)/t8-/m1/s1. The molecule has 1 aromatic carbocycles. The lowest BCUT2D eigenvalue weighted by Gasteiger charge is -2.10. The van der Waals surface area contributed by atoms with Crippen LogP contribution in [0.25, 0.3) is 0 Å². The molecule has 3 nitrogen and oxygen atoms in total. The van der Waals surface area contributed by atoms with Gasteiger partial charge in [0.25, 0.3) is 0 Å². The molecule has 15 heavy (non-hydrogen) atoms. The Morgan fingerprint density at radius 2 is 2.33 bits per heavy atom. The van der Waals surface area contributed by atoms with Crippen molar-refractivity contribution in [2.75, 3.05) is 7.11 Å². The van der Waals surface area contributed by atoms with Crippen molar-refractivity contribution in [2.45, 2.75) is 11.2 Å². The summed E-state index contributed by atoms with van der Waals surface area (Å²) in [5.41, 5.74) is 0.772. The number of benzene rings is 1. The number of methoxy groups -OCH3 is 1. The van der Waals surface area contributed by atoms with Gasteiger partial charge >= 0.3 is 5.97 Å². The summed E-state index contributed by atoms with van der Waals surface area (Å²) in [7, 11) is 1.54. The molecule has 0 amide bonds. The minimum Gasteiger partial charge on any atom is -0.496 e. The highest BCUT2D eigenvalue weighted by atomic mass is 79.9. The van der Waals surface area contributed by atoms with Gasteiger partial charge in [0.05, 0.1) is 7.11 Å².